The third-order valence-electron chi connectivity index (χ3n) is 10.7. The van der Waals surface area contributed by atoms with Crippen molar-refractivity contribution in [2.75, 3.05) is 39.1 Å². The molecule has 11 nitrogen and oxygen atoms in total. The fourth-order valence-electron chi connectivity index (χ4n) is 7.86. The number of carbonyl (C=O) groups excluding carboxylic acids is 1. The van der Waals surface area contributed by atoms with E-state index in [0.717, 1.165) is 55.4 Å². The number of ether oxygens (including phenoxy) is 4. The number of nitrogens with one attached hydrogen (secondary N) is 4. The van der Waals surface area contributed by atoms with Gasteiger partial charge in [0.1, 0.15) is 11.5 Å². The van der Waals surface area contributed by atoms with E-state index in [2.05, 4.69) is 30.6 Å². The zero-order valence-electron chi connectivity index (χ0n) is 32.6. The van der Waals surface area contributed by atoms with Crippen molar-refractivity contribution in [2.45, 2.75) is 23.9 Å². The highest BCUT2D eigenvalue weighted by atomic mass is 16.5. The molecular formula is C47H44N6O5. The van der Waals surface area contributed by atoms with Crippen molar-refractivity contribution >= 4 is 39.0 Å². The van der Waals surface area contributed by atoms with Crippen LogP contribution in [0.2, 0.25) is 0 Å². The molecule has 0 amide bonds. The number of aromatic nitrogens is 4. The van der Waals surface area contributed by atoms with Crippen LogP contribution in [0.4, 0.5) is 11.4 Å². The summed E-state index contributed by atoms with van der Waals surface area (Å²) in [6.45, 7) is 0. The molecule has 4 aromatic carbocycles. The number of rotatable bonds is 16. The molecule has 4 heterocycles. The zero-order valence-corrected chi connectivity index (χ0v) is 32.6. The Balaban J connectivity index is 1.40. The monoisotopic (exact) mass is 772 g/mol. The number of H-pyrrole nitrogens is 2. The first-order valence-corrected chi connectivity index (χ1v) is 19.0. The third kappa shape index (κ3) is 7.37. The zero-order chi connectivity index (χ0) is 40.0. The van der Waals surface area contributed by atoms with Crippen molar-refractivity contribution in [1.29, 1.82) is 0 Å². The van der Waals surface area contributed by atoms with Crippen LogP contribution in [0.1, 0.15) is 46.2 Å². The minimum atomic E-state index is -0.817. The Kier molecular flexibility index (Phi) is 10.9. The maximum absolute atomic E-state index is 16.6. The number of ketones is 1. The molecule has 8 aromatic rings. The van der Waals surface area contributed by atoms with E-state index in [4.69, 9.17) is 18.9 Å². The summed E-state index contributed by atoms with van der Waals surface area (Å²) in [5, 5.41) is 9.38. The molecular weight excluding hydrogens is 729 g/mol. The predicted molar refractivity (Wildman–Crippen MR) is 227 cm³/mol. The van der Waals surface area contributed by atoms with Gasteiger partial charge in [0.05, 0.1) is 63.7 Å². The predicted octanol–water partition coefficient (Wildman–Crippen LogP) is 9.62. The quantitative estimate of drug-likeness (QED) is 0.0757. The highest BCUT2D eigenvalue weighted by Gasteiger charge is 2.43. The number of benzene rings is 4. The Labute approximate surface area is 336 Å². The van der Waals surface area contributed by atoms with Gasteiger partial charge in [0.25, 0.3) is 0 Å². The van der Waals surface area contributed by atoms with Gasteiger partial charge in [-0.2, -0.15) is 0 Å². The van der Waals surface area contributed by atoms with E-state index in [1.165, 1.54) is 0 Å². The summed E-state index contributed by atoms with van der Waals surface area (Å²) in [5.74, 6) is 0.478. The Hall–Kier alpha value is -7.27. The number of hydrogen-bond acceptors (Lipinski definition) is 9. The molecule has 4 atom stereocenters. The Morgan fingerprint density at radius 3 is 1.33 bits per heavy atom. The van der Waals surface area contributed by atoms with Crippen LogP contribution in [0.5, 0.6) is 23.3 Å². The number of methoxy groups -OCH3 is 4. The third-order valence-corrected chi connectivity index (χ3v) is 10.7. The maximum Gasteiger partial charge on any atom is 0.212 e. The SMILES string of the molecule is COc1ccc(C(Nc2ccccc2OC)C(C(=O)C(c2c[nH]c3ccccc23)C(Nc2ccccc2OC)c2ccc(OC)nc2)c2c[nH]c3ccccc23)cn1. The van der Waals surface area contributed by atoms with E-state index in [1.807, 2.05) is 134 Å². The van der Waals surface area contributed by atoms with Gasteiger partial charge in [0, 0.05) is 58.7 Å². The normalized spacial score (nSPS) is 13.3. The fraction of sp³-hybridized carbons (Fsp3) is 0.170. The van der Waals surface area contributed by atoms with E-state index in [-0.39, 0.29) is 5.78 Å². The van der Waals surface area contributed by atoms with Crippen LogP contribution in [0.3, 0.4) is 0 Å². The molecule has 58 heavy (non-hydrogen) atoms. The van der Waals surface area contributed by atoms with Crippen LogP contribution in [0, 0.1) is 0 Å². The second-order valence-electron chi connectivity index (χ2n) is 13.8. The molecule has 0 bridgehead atoms. The molecule has 0 saturated heterocycles. The molecule has 0 aliphatic rings. The average molecular weight is 773 g/mol. The standard InChI is InChI=1S/C47H44N6O5/c1-55-39-19-11-9-17-37(39)52-45(29-21-23-41(57-3)50-25-29)43(33-27-48-35-15-7-5-13-31(33)35)47(54)44(34-28-49-36-16-8-6-14-32(34)36)46(30-22-24-42(58-4)51-26-30)53-38-18-10-12-20-40(38)56-2/h5-28,43-46,48-49,52-53H,1-4H3. The number of fused-ring (bicyclic) bond motifs is 2. The van der Waals surface area contributed by atoms with Crippen molar-refractivity contribution in [3.63, 3.8) is 0 Å². The summed E-state index contributed by atoms with van der Waals surface area (Å²) in [4.78, 5) is 32.8. The fourth-order valence-corrected chi connectivity index (χ4v) is 7.86. The van der Waals surface area contributed by atoms with E-state index >= 15 is 4.79 Å². The van der Waals surface area contributed by atoms with E-state index < -0.39 is 23.9 Å². The summed E-state index contributed by atoms with van der Waals surface area (Å²) >= 11 is 0. The summed E-state index contributed by atoms with van der Waals surface area (Å²) in [6.07, 6.45) is 7.43. The molecule has 4 N–H and O–H groups in total. The largest absolute Gasteiger partial charge is 0.495 e. The Morgan fingerprint density at radius 2 is 0.931 bits per heavy atom. The number of hydrogen-bond donors (Lipinski definition) is 4. The van der Waals surface area contributed by atoms with Gasteiger partial charge in [0.2, 0.25) is 11.8 Å². The summed E-state index contributed by atoms with van der Waals surface area (Å²) < 4.78 is 22.7. The topological polar surface area (TPSA) is 135 Å². The maximum atomic E-state index is 16.6. The number of pyridine rings is 2. The lowest BCUT2D eigenvalue weighted by Crippen LogP contribution is -2.34. The molecule has 0 spiro atoms. The molecule has 8 rings (SSSR count). The van der Waals surface area contributed by atoms with Gasteiger partial charge in [-0.1, -0.05) is 72.8 Å². The number of para-hydroxylation sites is 6. The number of nitrogens with zero attached hydrogens (tertiary/aromatic N) is 2. The summed E-state index contributed by atoms with van der Waals surface area (Å²) in [7, 11) is 6.44. The van der Waals surface area contributed by atoms with Crippen LogP contribution in [-0.4, -0.2) is 54.2 Å². The van der Waals surface area contributed by atoms with Crippen LogP contribution >= 0.6 is 0 Å². The van der Waals surface area contributed by atoms with Crippen molar-refractivity contribution in [3.8, 4) is 23.3 Å². The van der Waals surface area contributed by atoms with Gasteiger partial charge >= 0.3 is 0 Å². The number of carbonyl (C=O) groups is 1. The first-order valence-electron chi connectivity index (χ1n) is 19.0. The highest BCUT2D eigenvalue weighted by Crippen LogP contribution is 2.48. The minimum absolute atomic E-state index is 0.0686. The second-order valence-corrected chi connectivity index (χ2v) is 13.8. The van der Waals surface area contributed by atoms with Gasteiger partial charge in [-0.15, -0.1) is 0 Å². The van der Waals surface area contributed by atoms with Crippen LogP contribution in [0.15, 0.2) is 146 Å². The van der Waals surface area contributed by atoms with Gasteiger partial charge in [-0.05, 0) is 58.7 Å². The van der Waals surface area contributed by atoms with Crippen LogP contribution in [0.25, 0.3) is 21.8 Å². The number of Topliss-reactive ketones (excluding diaryl/α,β-unsaturated/α-hetero) is 1. The summed E-state index contributed by atoms with van der Waals surface area (Å²) in [5.41, 5.74) is 6.43. The van der Waals surface area contributed by atoms with Gasteiger partial charge in [0.15, 0.2) is 5.78 Å². The van der Waals surface area contributed by atoms with Gasteiger partial charge < -0.3 is 39.5 Å². The number of aromatic amines is 2. The lowest BCUT2D eigenvalue weighted by molar-refractivity contribution is -0.122. The van der Waals surface area contributed by atoms with Crippen molar-refractivity contribution in [3.05, 3.63) is 168 Å². The molecule has 0 aliphatic carbocycles. The Morgan fingerprint density at radius 1 is 0.517 bits per heavy atom. The molecule has 0 aliphatic heterocycles. The molecule has 0 radical (unpaired) electrons. The van der Waals surface area contributed by atoms with Crippen molar-refractivity contribution < 1.29 is 23.7 Å². The smallest absolute Gasteiger partial charge is 0.212 e. The molecule has 0 saturated carbocycles. The van der Waals surface area contributed by atoms with Gasteiger partial charge in [-0.25, -0.2) is 9.97 Å². The van der Waals surface area contributed by atoms with E-state index in [0.29, 0.717) is 23.3 Å². The number of anilines is 2. The van der Waals surface area contributed by atoms with Crippen molar-refractivity contribution in [2.24, 2.45) is 0 Å². The average Bonchev–Trinajstić information content (AvgIpc) is 3.91. The van der Waals surface area contributed by atoms with Crippen molar-refractivity contribution in [1.82, 2.24) is 19.9 Å². The minimum Gasteiger partial charge on any atom is -0.495 e. The van der Waals surface area contributed by atoms with Gasteiger partial charge in [-0.3, -0.25) is 4.79 Å². The highest BCUT2D eigenvalue weighted by molar-refractivity contribution is 6.01. The first kappa shape index (κ1) is 37.6. The Bertz CT molecular complexity index is 2460. The van der Waals surface area contributed by atoms with E-state index in [9.17, 15) is 0 Å². The second kappa shape index (κ2) is 16.8. The van der Waals surface area contributed by atoms with Crippen LogP contribution in [-0.2, 0) is 4.79 Å². The molecule has 4 unspecified atom stereocenters. The lowest BCUT2D eigenvalue weighted by Gasteiger charge is -2.35. The summed E-state index contributed by atoms with van der Waals surface area (Å²) in [6, 6.07) is 37.7. The first-order chi connectivity index (χ1) is 28.5. The molecule has 292 valence electrons. The van der Waals surface area contributed by atoms with Crippen LogP contribution < -0.4 is 29.6 Å². The molecule has 4 aromatic heterocycles. The van der Waals surface area contributed by atoms with E-state index in [1.54, 1.807) is 40.8 Å². The lowest BCUT2D eigenvalue weighted by atomic mass is 9.73. The molecule has 0 fully saturated rings. The molecule has 11 heteroatoms.